The number of nitrogen functional groups attached to an aromatic ring is 1. The number of hydrogen-bond donors (Lipinski definition) is 2. The molecule has 1 heterocycles. The molecule has 0 saturated carbocycles. The summed E-state index contributed by atoms with van der Waals surface area (Å²) in [6.07, 6.45) is 1.63. The van der Waals surface area contributed by atoms with Crippen LogP contribution in [0.25, 0.3) is 0 Å². The Morgan fingerprint density at radius 3 is 2.71 bits per heavy atom. The van der Waals surface area contributed by atoms with Crippen LogP contribution in [0.1, 0.15) is 5.56 Å². The van der Waals surface area contributed by atoms with E-state index in [0.29, 0.717) is 12.4 Å². The van der Waals surface area contributed by atoms with E-state index in [-0.39, 0.29) is 5.95 Å². The molecule has 0 bridgehead atoms. The molecule has 6 heteroatoms. The molecule has 3 N–H and O–H groups in total. The van der Waals surface area contributed by atoms with E-state index in [4.69, 9.17) is 5.73 Å². The maximum Gasteiger partial charge on any atom is 0.221 e. The van der Waals surface area contributed by atoms with Crippen LogP contribution in [0.5, 0.6) is 0 Å². The topological polar surface area (TPSA) is 63.8 Å². The van der Waals surface area contributed by atoms with Crippen molar-refractivity contribution in [1.82, 2.24) is 9.97 Å². The second-order valence-corrected chi connectivity index (χ2v) is 5.08. The van der Waals surface area contributed by atoms with Crippen molar-refractivity contribution >= 4 is 43.6 Å². The van der Waals surface area contributed by atoms with Crippen LogP contribution in [-0.2, 0) is 6.54 Å². The average molecular weight is 358 g/mol. The molecule has 0 aliphatic carbocycles. The van der Waals surface area contributed by atoms with Crippen molar-refractivity contribution < 1.29 is 0 Å². The molecule has 0 aliphatic rings. The van der Waals surface area contributed by atoms with Crippen LogP contribution >= 0.6 is 31.9 Å². The Kier molecular flexibility index (Phi) is 3.96. The Balaban J connectivity index is 2.12. The highest BCUT2D eigenvalue weighted by atomic mass is 79.9. The van der Waals surface area contributed by atoms with Crippen LogP contribution in [0, 0.1) is 0 Å². The van der Waals surface area contributed by atoms with E-state index in [9.17, 15) is 0 Å². The van der Waals surface area contributed by atoms with Gasteiger partial charge < -0.3 is 11.1 Å². The van der Waals surface area contributed by atoms with Gasteiger partial charge in [0.05, 0.1) is 4.47 Å². The van der Waals surface area contributed by atoms with E-state index in [1.807, 2.05) is 24.3 Å². The van der Waals surface area contributed by atoms with Crippen LogP contribution < -0.4 is 11.1 Å². The van der Waals surface area contributed by atoms with Crippen molar-refractivity contribution in [2.75, 3.05) is 11.1 Å². The molecule has 88 valence electrons. The molecule has 2 rings (SSSR count). The fourth-order valence-electron chi connectivity index (χ4n) is 1.33. The molecule has 17 heavy (non-hydrogen) atoms. The summed E-state index contributed by atoms with van der Waals surface area (Å²) in [6, 6.07) is 8.01. The first-order chi connectivity index (χ1) is 8.16. The number of nitrogens with two attached hydrogens (primary N) is 1. The van der Waals surface area contributed by atoms with E-state index in [2.05, 4.69) is 47.1 Å². The number of nitrogens with one attached hydrogen (secondary N) is 1. The number of aromatic nitrogens is 2. The molecule has 0 aliphatic heterocycles. The van der Waals surface area contributed by atoms with Gasteiger partial charge in [0.15, 0.2) is 0 Å². The standard InChI is InChI=1S/C11H10Br2N4/c12-8-4-2-1-3-7(8)5-15-10-9(13)6-16-11(14)17-10/h1-4,6H,5H2,(H3,14,15,16,17). The Hall–Kier alpha value is -1.14. The number of anilines is 2. The molecule has 0 atom stereocenters. The fraction of sp³-hybridized carbons (Fsp3) is 0.0909. The van der Waals surface area contributed by atoms with Crippen LogP contribution in [-0.4, -0.2) is 9.97 Å². The summed E-state index contributed by atoms with van der Waals surface area (Å²) in [5.41, 5.74) is 6.68. The third-order valence-corrected chi connectivity index (χ3v) is 3.52. The number of halogens is 2. The maximum absolute atomic E-state index is 5.53. The van der Waals surface area contributed by atoms with E-state index in [1.165, 1.54) is 0 Å². The van der Waals surface area contributed by atoms with Crippen molar-refractivity contribution in [3.05, 3.63) is 45.0 Å². The highest BCUT2D eigenvalue weighted by Gasteiger charge is 2.04. The van der Waals surface area contributed by atoms with Gasteiger partial charge in [-0.3, -0.25) is 0 Å². The second kappa shape index (κ2) is 5.46. The summed E-state index contributed by atoms with van der Waals surface area (Å²) < 4.78 is 1.85. The number of nitrogens with zero attached hydrogens (tertiary/aromatic N) is 2. The third kappa shape index (κ3) is 3.17. The van der Waals surface area contributed by atoms with Crippen molar-refractivity contribution in [3.8, 4) is 0 Å². The molecular formula is C11H10Br2N4. The molecule has 0 amide bonds. The Morgan fingerprint density at radius 1 is 1.18 bits per heavy atom. The van der Waals surface area contributed by atoms with Gasteiger partial charge in [0.25, 0.3) is 0 Å². The monoisotopic (exact) mass is 356 g/mol. The van der Waals surface area contributed by atoms with Gasteiger partial charge in [-0.2, -0.15) is 4.98 Å². The van der Waals surface area contributed by atoms with Gasteiger partial charge in [-0.05, 0) is 27.6 Å². The lowest BCUT2D eigenvalue weighted by Crippen LogP contribution is -2.05. The summed E-state index contributed by atoms with van der Waals surface area (Å²) in [7, 11) is 0. The molecule has 4 nitrogen and oxygen atoms in total. The Bertz CT molecular complexity index is 531. The highest BCUT2D eigenvalue weighted by Crippen LogP contribution is 2.21. The number of rotatable bonds is 3. The van der Waals surface area contributed by atoms with Gasteiger partial charge >= 0.3 is 0 Å². The van der Waals surface area contributed by atoms with E-state index in [0.717, 1.165) is 14.5 Å². The van der Waals surface area contributed by atoms with Crippen molar-refractivity contribution in [3.63, 3.8) is 0 Å². The Labute approximate surface area is 116 Å². The van der Waals surface area contributed by atoms with Crippen LogP contribution in [0.4, 0.5) is 11.8 Å². The first kappa shape index (κ1) is 12.3. The predicted molar refractivity (Wildman–Crippen MR) is 75.6 cm³/mol. The van der Waals surface area contributed by atoms with Gasteiger partial charge in [0.2, 0.25) is 5.95 Å². The molecular weight excluding hydrogens is 348 g/mol. The first-order valence-corrected chi connectivity index (χ1v) is 6.50. The lowest BCUT2D eigenvalue weighted by atomic mass is 10.2. The number of benzene rings is 1. The van der Waals surface area contributed by atoms with Gasteiger partial charge in [-0.1, -0.05) is 34.1 Å². The molecule has 1 aromatic carbocycles. The van der Waals surface area contributed by atoms with E-state index >= 15 is 0 Å². The maximum atomic E-state index is 5.53. The van der Waals surface area contributed by atoms with Crippen LogP contribution in [0.3, 0.4) is 0 Å². The highest BCUT2D eigenvalue weighted by molar-refractivity contribution is 9.10. The molecule has 0 fully saturated rings. The third-order valence-electron chi connectivity index (χ3n) is 2.17. The molecule has 0 saturated heterocycles. The zero-order valence-corrected chi connectivity index (χ0v) is 12.0. The average Bonchev–Trinajstić information content (AvgIpc) is 2.32. The van der Waals surface area contributed by atoms with Gasteiger partial charge in [0.1, 0.15) is 5.82 Å². The van der Waals surface area contributed by atoms with Crippen LogP contribution in [0.15, 0.2) is 39.4 Å². The van der Waals surface area contributed by atoms with E-state index in [1.54, 1.807) is 6.20 Å². The van der Waals surface area contributed by atoms with Crippen LogP contribution in [0.2, 0.25) is 0 Å². The first-order valence-electron chi connectivity index (χ1n) is 4.92. The molecule has 2 aromatic rings. The minimum absolute atomic E-state index is 0.253. The van der Waals surface area contributed by atoms with Crippen molar-refractivity contribution in [2.24, 2.45) is 0 Å². The fourth-order valence-corrected chi connectivity index (χ4v) is 2.08. The summed E-state index contributed by atoms with van der Waals surface area (Å²) in [5.74, 6) is 0.941. The quantitative estimate of drug-likeness (QED) is 0.885. The molecule has 0 spiro atoms. The van der Waals surface area contributed by atoms with Gasteiger partial charge in [0, 0.05) is 17.2 Å². The number of hydrogen-bond acceptors (Lipinski definition) is 4. The molecule has 1 aromatic heterocycles. The summed E-state index contributed by atoms with van der Waals surface area (Å²) in [5, 5.41) is 3.20. The normalized spacial score (nSPS) is 10.2. The predicted octanol–water partition coefficient (Wildman–Crippen LogP) is 3.20. The van der Waals surface area contributed by atoms with Gasteiger partial charge in [-0.15, -0.1) is 0 Å². The van der Waals surface area contributed by atoms with Crippen molar-refractivity contribution in [1.29, 1.82) is 0 Å². The summed E-state index contributed by atoms with van der Waals surface area (Å²) in [6.45, 7) is 0.663. The second-order valence-electron chi connectivity index (χ2n) is 3.37. The zero-order valence-electron chi connectivity index (χ0n) is 8.82. The summed E-state index contributed by atoms with van der Waals surface area (Å²) >= 11 is 6.86. The van der Waals surface area contributed by atoms with Crippen molar-refractivity contribution in [2.45, 2.75) is 6.54 Å². The zero-order chi connectivity index (χ0) is 12.3. The lowest BCUT2D eigenvalue weighted by molar-refractivity contribution is 1.07. The smallest absolute Gasteiger partial charge is 0.221 e. The van der Waals surface area contributed by atoms with Gasteiger partial charge in [-0.25, -0.2) is 4.98 Å². The summed E-state index contributed by atoms with van der Waals surface area (Å²) in [4.78, 5) is 7.99. The lowest BCUT2D eigenvalue weighted by Gasteiger charge is -2.09. The Morgan fingerprint density at radius 2 is 1.94 bits per heavy atom. The largest absolute Gasteiger partial charge is 0.368 e. The minimum atomic E-state index is 0.253. The minimum Gasteiger partial charge on any atom is -0.368 e. The molecule has 0 radical (unpaired) electrons. The molecule has 0 unspecified atom stereocenters. The SMILES string of the molecule is Nc1ncc(Br)c(NCc2ccccc2Br)n1. The van der Waals surface area contributed by atoms with E-state index < -0.39 is 0 Å².